The van der Waals surface area contributed by atoms with Crippen molar-refractivity contribution < 1.29 is 9.90 Å². The van der Waals surface area contributed by atoms with Crippen molar-refractivity contribution in [2.24, 2.45) is 5.92 Å². The summed E-state index contributed by atoms with van der Waals surface area (Å²) >= 11 is 0. The van der Waals surface area contributed by atoms with Gasteiger partial charge in [-0.05, 0) is 30.4 Å². The Morgan fingerprint density at radius 2 is 1.45 bits per heavy atom. The van der Waals surface area contributed by atoms with Crippen LogP contribution in [0.2, 0.25) is 0 Å². The summed E-state index contributed by atoms with van der Waals surface area (Å²) in [5.41, 5.74) is 2.27. The zero-order chi connectivity index (χ0) is 15.4. The van der Waals surface area contributed by atoms with Crippen molar-refractivity contribution in [2.75, 3.05) is 0 Å². The third kappa shape index (κ3) is 3.55. The van der Waals surface area contributed by atoms with Crippen LogP contribution in [-0.4, -0.2) is 23.2 Å². The van der Waals surface area contributed by atoms with Crippen LogP contribution < -0.4 is 5.32 Å². The van der Waals surface area contributed by atoms with Crippen LogP contribution in [0.5, 0.6) is 0 Å². The lowest BCUT2D eigenvalue weighted by Gasteiger charge is -2.33. The van der Waals surface area contributed by atoms with Crippen LogP contribution in [0.3, 0.4) is 0 Å². The molecule has 2 aromatic rings. The molecule has 0 aliphatic carbocycles. The van der Waals surface area contributed by atoms with Gasteiger partial charge in [0.25, 0.3) is 0 Å². The lowest BCUT2D eigenvalue weighted by Crippen LogP contribution is -2.53. The van der Waals surface area contributed by atoms with Gasteiger partial charge in [-0.1, -0.05) is 60.7 Å². The van der Waals surface area contributed by atoms with Crippen LogP contribution >= 0.6 is 0 Å². The molecule has 1 amide bonds. The molecular weight excluding hydrogens is 274 g/mol. The van der Waals surface area contributed by atoms with Crippen molar-refractivity contribution in [2.45, 2.75) is 31.4 Å². The van der Waals surface area contributed by atoms with E-state index in [2.05, 4.69) is 5.32 Å². The standard InChI is InChI=1S/C19H21NO2/c21-18-13-16(11-14-7-3-1-4-8-14)19(22)20-17(18)12-15-9-5-2-6-10-15/h1-10,16-18,21H,11-13H2,(H,20,22)/t16-,17-,18-/m0/s1. The summed E-state index contributed by atoms with van der Waals surface area (Å²) in [5, 5.41) is 13.4. The van der Waals surface area contributed by atoms with Crippen LogP contribution in [-0.2, 0) is 17.6 Å². The smallest absolute Gasteiger partial charge is 0.223 e. The van der Waals surface area contributed by atoms with E-state index in [0.29, 0.717) is 19.3 Å². The fourth-order valence-electron chi connectivity index (χ4n) is 3.09. The van der Waals surface area contributed by atoms with Crippen molar-refractivity contribution in [1.29, 1.82) is 0 Å². The number of aliphatic hydroxyl groups excluding tert-OH is 1. The first kappa shape index (κ1) is 14.8. The van der Waals surface area contributed by atoms with Gasteiger partial charge in [0.1, 0.15) is 0 Å². The maximum atomic E-state index is 12.3. The van der Waals surface area contributed by atoms with Crippen molar-refractivity contribution in [1.82, 2.24) is 5.32 Å². The molecule has 1 aliphatic rings. The largest absolute Gasteiger partial charge is 0.391 e. The van der Waals surface area contributed by atoms with Crippen LogP contribution in [0.4, 0.5) is 0 Å². The number of hydrogen-bond acceptors (Lipinski definition) is 2. The summed E-state index contributed by atoms with van der Waals surface area (Å²) in [7, 11) is 0. The second-order valence-corrected chi connectivity index (χ2v) is 5.99. The lowest BCUT2D eigenvalue weighted by molar-refractivity contribution is -0.131. The van der Waals surface area contributed by atoms with Crippen LogP contribution in [0.15, 0.2) is 60.7 Å². The topological polar surface area (TPSA) is 49.3 Å². The van der Waals surface area contributed by atoms with E-state index in [4.69, 9.17) is 0 Å². The van der Waals surface area contributed by atoms with Gasteiger partial charge < -0.3 is 10.4 Å². The fraction of sp³-hybridized carbons (Fsp3) is 0.316. The number of aliphatic hydroxyl groups is 1. The normalized spacial score (nSPS) is 24.8. The van der Waals surface area contributed by atoms with Gasteiger partial charge in [0.15, 0.2) is 0 Å². The van der Waals surface area contributed by atoms with Gasteiger partial charge >= 0.3 is 0 Å². The zero-order valence-corrected chi connectivity index (χ0v) is 12.5. The zero-order valence-electron chi connectivity index (χ0n) is 12.5. The highest BCUT2D eigenvalue weighted by Gasteiger charge is 2.34. The average molecular weight is 295 g/mol. The van der Waals surface area contributed by atoms with E-state index >= 15 is 0 Å². The van der Waals surface area contributed by atoms with Gasteiger partial charge in [0.2, 0.25) is 5.91 Å². The minimum Gasteiger partial charge on any atom is -0.391 e. The molecule has 1 aliphatic heterocycles. The minimum absolute atomic E-state index is 0.0510. The molecule has 0 unspecified atom stereocenters. The van der Waals surface area contributed by atoms with E-state index in [1.807, 2.05) is 60.7 Å². The minimum atomic E-state index is -0.494. The molecule has 1 saturated heterocycles. The first-order valence-electron chi connectivity index (χ1n) is 7.78. The number of hydrogen-bond donors (Lipinski definition) is 2. The summed E-state index contributed by atoms with van der Waals surface area (Å²) in [6.45, 7) is 0. The Morgan fingerprint density at radius 1 is 0.909 bits per heavy atom. The van der Waals surface area contributed by atoms with Crippen molar-refractivity contribution in [3.63, 3.8) is 0 Å². The van der Waals surface area contributed by atoms with Gasteiger partial charge in [-0.2, -0.15) is 0 Å². The van der Waals surface area contributed by atoms with E-state index in [9.17, 15) is 9.90 Å². The van der Waals surface area contributed by atoms with E-state index in [1.54, 1.807) is 0 Å². The number of carbonyl (C=O) groups excluding carboxylic acids is 1. The van der Waals surface area contributed by atoms with Gasteiger partial charge in [-0.15, -0.1) is 0 Å². The number of benzene rings is 2. The van der Waals surface area contributed by atoms with E-state index in [-0.39, 0.29) is 17.9 Å². The second-order valence-electron chi connectivity index (χ2n) is 5.99. The van der Waals surface area contributed by atoms with Gasteiger partial charge in [0, 0.05) is 5.92 Å². The van der Waals surface area contributed by atoms with Crippen molar-refractivity contribution >= 4 is 5.91 Å². The molecule has 2 aromatic carbocycles. The Balaban J connectivity index is 1.63. The highest BCUT2D eigenvalue weighted by atomic mass is 16.3. The molecule has 3 heteroatoms. The number of amides is 1. The predicted molar refractivity (Wildman–Crippen MR) is 86.3 cm³/mol. The molecule has 0 aromatic heterocycles. The molecule has 0 spiro atoms. The SMILES string of the molecule is O=C1N[C@@H](Cc2ccccc2)[C@@H](O)C[C@@H]1Cc1ccccc1. The molecule has 0 radical (unpaired) electrons. The monoisotopic (exact) mass is 295 g/mol. The first-order valence-corrected chi connectivity index (χ1v) is 7.78. The maximum absolute atomic E-state index is 12.3. The predicted octanol–water partition coefficient (Wildman–Crippen LogP) is 2.34. The first-order chi connectivity index (χ1) is 10.7. The number of carbonyl (C=O) groups is 1. The van der Waals surface area contributed by atoms with E-state index < -0.39 is 6.10 Å². The van der Waals surface area contributed by atoms with E-state index in [0.717, 1.165) is 11.1 Å². The van der Waals surface area contributed by atoms with Crippen LogP contribution in [0.1, 0.15) is 17.5 Å². The average Bonchev–Trinajstić information content (AvgIpc) is 2.54. The summed E-state index contributed by atoms with van der Waals surface area (Å²) < 4.78 is 0. The summed E-state index contributed by atoms with van der Waals surface area (Å²) in [5.74, 6) is -0.0977. The number of piperidine rings is 1. The molecule has 2 N–H and O–H groups in total. The third-order valence-electron chi connectivity index (χ3n) is 4.31. The highest BCUT2D eigenvalue weighted by molar-refractivity contribution is 5.80. The molecule has 1 fully saturated rings. The van der Waals surface area contributed by atoms with E-state index in [1.165, 1.54) is 0 Å². The quantitative estimate of drug-likeness (QED) is 0.909. The fourth-order valence-corrected chi connectivity index (χ4v) is 3.09. The van der Waals surface area contributed by atoms with Crippen molar-refractivity contribution in [3.8, 4) is 0 Å². The molecular formula is C19H21NO2. The van der Waals surface area contributed by atoms with Crippen LogP contribution in [0, 0.1) is 5.92 Å². The van der Waals surface area contributed by atoms with Crippen molar-refractivity contribution in [3.05, 3.63) is 71.8 Å². The Bertz CT molecular complexity index is 612. The number of rotatable bonds is 4. The third-order valence-corrected chi connectivity index (χ3v) is 4.31. The Labute approximate surface area is 131 Å². The number of nitrogens with one attached hydrogen (secondary N) is 1. The Kier molecular flexibility index (Phi) is 4.54. The molecule has 22 heavy (non-hydrogen) atoms. The Morgan fingerprint density at radius 3 is 2.05 bits per heavy atom. The molecule has 0 saturated carbocycles. The molecule has 1 heterocycles. The maximum Gasteiger partial charge on any atom is 0.223 e. The molecule has 114 valence electrons. The van der Waals surface area contributed by atoms with Gasteiger partial charge in [-0.3, -0.25) is 4.79 Å². The van der Waals surface area contributed by atoms with Gasteiger partial charge in [-0.25, -0.2) is 0 Å². The van der Waals surface area contributed by atoms with Crippen LogP contribution in [0.25, 0.3) is 0 Å². The summed E-state index contributed by atoms with van der Waals surface area (Å²) in [6, 6.07) is 19.7. The second kappa shape index (κ2) is 6.75. The highest BCUT2D eigenvalue weighted by Crippen LogP contribution is 2.22. The molecule has 3 nitrogen and oxygen atoms in total. The molecule has 3 atom stereocenters. The summed E-state index contributed by atoms with van der Waals surface area (Å²) in [6.07, 6.45) is 1.39. The Hall–Kier alpha value is -2.13. The lowest BCUT2D eigenvalue weighted by atomic mass is 9.85. The summed E-state index contributed by atoms with van der Waals surface area (Å²) in [4.78, 5) is 12.3. The van der Waals surface area contributed by atoms with Gasteiger partial charge in [0.05, 0.1) is 12.1 Å². The molecule has 0 bridgehead atoms. The molecule has 3 rings (SSSR count).